The molecule has 0 atom stereocenters. The first kappa shape index (κ1) is 9.92. The molecule has 0 unspecified atom stereocenters. The van der Waals surface area contributed by atoms with E-state index in [9.17, 15) is 0 Å². The standard InChI is InChI=1S/C12H11N5/c13-6-8-1-2-10-11(5-8)17-12(16-10)9-3-4-14-15-7-9/h1-5,7H,6,13H2,(H,16,17). The summed E-state index contributed by atoms with van der Waals surface area (Å²) in [5, 5.41) is 7.58. The van der Waals surface area contributed by atoms with Crippen LogP contribution in [0.1, 0.15) is 5.56 Å². The molecule has 0 aliphatic rings. The largest absolute Gasteiger partial charge is 0.338 e. The number of hydrogen-bond donors (Lipinski definition) is 2. The molecule has 5 heteroatoms. The molecule has 0 saturated carbocycles. The van der Waals surface area contributed by atoms with Crippen LogP contribution in [0.4, 0.5) is 0 Å². The minimum absolute atomic E-state index is 0.529. The number of benzene rings is 1. The molecule has 3 N–H and O–H groups in total. The van der Waals surface area contributed by atoms with Gasteiger partial charge in [0.25, 0.3) is 0 Å². The lowest BCUT2D eigenvalue weighted by molar-refractivity contribution is 1.03. The van der Waals surface area contributed by atoms with Crippen molar-refractivity contribution in [1.29, 1.82) is 0 Å². The van der Waals surface area contributed by atoms with E-state index in [0.717, 1.165) is 28.0 Å². The van der Waals surface area contributed by atoms with Crippen molar-refractivity contribution < 1.29 is 0 Å². The zero-order chi connectivity index (χ0) is 11.7. The highest BCUT2D eigenvalue weighted by Crippen LogP contribution is 2.19. The van der Waals surface area contributed by atoms with E-state index in [1.807, 2.05) is 24.3 Å². The van der Waals surface area contributed by atoms with E-state index >= 15 is 0 Å². The van der Waals surface area contributed by atoms with Crippen LogP contribution in [0.15, 0.2) is 36.7 Å². The first-order chi connectivity index (χ1) is 8.36. The van der Waals surface area contributed by atoms with Gasteiger partial charge < -0.3 is 10.7 Å². The van der Waals surface area contributed by atoms with Gasteiger partial charge in [-0.1, -0.05) is 6.07 Å². The van der Waals surface area contributed by atoms with Gasteiger partial charge in [0.15, 0.2) is 0 Å². The fourth-order valence-corrected chi connectivity index (χ4v) is 1.75. The van der Waals surface area contributed by atoms with Crippen molar-refractivity contribution in [1.82, 2.24) is 20.2 Å². The van der Waals surface area contributed by atoms with Crippen LogP contribution in [-0.4, -0.2) is 20.2 Å². The van der Waals surface area contributed by atoms with Crippen LogP contribution in [0.2, 0.25) is 0 Å². The van der Waals surface area contributed by atoms with Crippen LogP contribution in [0.3, 0.4) is 0 Å². The molecule has 5 nitrogen and oxygen atoms in total. The summed E-state index contributed by atoms with van der Waals surface area (Å²) in [6.45, 7) is 0.529. The molecule has 0 bridgehead atoms. The van der Waals surface area contributed by atoms with Crippen molar-refractivity contribution in [2.45, 2.75) is 6.54 Å². The Hall–Kier alpha value is -2.27. The zero-order valence-electron chi connectivity index (χ0n) is 9.09. The Bertz CT molecular complexity index is 644. The summed E-state index contributed by atoms with van der Waals surface area (Å²) in [6, 6.07) is 7.83. The molecule has 0 radical (unpaired) electrons. The van der Waals surface area contributed by atoms with Crippen LogP contribution >= 0.6 is 0 Å². The summed E-state index contributed by atoms with van der Waals surface area (Å²) in [7, 11) is 0. The molecule has 2 heterocycles. The van der Waals surface area contributed by atoms with Crippen LogP contribution in [0.5, 0.6) is 0 Å². The van der Waals surface area contributed by atoms with Crippen LogP contribution < -0.4 is 5.73 Å². The average molecular weight is 225 g/mol. The quantitative estimate of drug-likeness (QED) is 0.692. The van der Waals surface area contributed by atoms with Crippen molar-refractivity contribution in [2.75, 3.05) is 0 Å². The number of hydrogen-bond acceptors (Lipinski definition) is 4. The predicted molar refractivity (Wildman–Crippen MR) is 65.0 cm³/mol. The van der Waals surface area contributed by atoms with Gasteiger partial charge in [0.1, 0.15) is 5.82 Å². The second-order valence-electron chi connectivity index (χ2n) is 3.77. The lowest BCUT2D eigenvalue weighted by Crippen LogP contribution is -1.95. The Balaban J connectivity index is 2.14. The second kappa shape index (κ2) is 3.95. The lowest BCUT2D eigenvalue weighted by Gasteiger charge is -1.94. The summed E-state index contributed by atoms with van der Waals surface area (Å²) in [6.07, 6.45) is 3.33. The second-order valence-corrected chi connectivity index (χ2v) is 3.77. The van der Waals surface area contributed by atoms with E-state index in [0.29, 0.717) is 6.54 Å². The number of aromatic amines is 1. The first-order valence-electron chi connectivity index (χ1n) is 5.32. The molecule has 0 saturated heterocycles. The highest BCUT2D eigenvalue weighted by atomic mass is 15.1. The molecule has 1 aromatic carbocycles. The molecular formula is C12H11N5. The van der Waals surface area contributed by atoms with Gasteiger partial charge in [0.05, 0.1) is 23.4 Å². The molecule has 17 heavy (non-hydrogen) atoms. The van der Waals surface area contributed by atoms with E-state index in [4.69, 9.17) is 5.73 Å². The van der Waals surface area contributed by atoms with Crippen molar-refractivity contribution in [3.63, 3.8) is 0 Å². The predicted octanol–water partition coefficient (Wildman–Crippen LogP) is 1.48. The smallest absolute Gasteiger partial charge is 0.140 e. The maximum absolute atomic E-state index is 5.61. The SMILES string of the molecule is NCc1ccc2nc(-c3ccnnc3)[nH]c2c1. The highest BCUT2D eigenvalue weighted by Gasteiger charge is 2.05. The van der Waals surface area contributed by atoms with Crippen LogP contribution in [-0.2, 0) is 6.54 Å². The summed E-state index contributed by atoms with van der Waals surface area (Å²) >= 11 is 0. The minimum Gasteiger partial charge on any atom is -0.338 e. The van der Waals surface area contributed by atoms with Gasteiger partial charge in [-0.2, -0.15) is 10.2 Å². The average Bonchev–Trinajstić information content (AvgIpc) is 2.82. The normalized spacial score (nSPS) is 10.9. The molecule has 2 aromatic heterocycles. The summed E-state index contributed by atoms with van der Waals surface area (Å²) in [5.74, 6) is 0.795. The van der Waals surface area contributed by atoms with E-state index in [1.54, 1.807) is 12.4 Å². The Morgan fingerprint density at radius 2 is 2.12 bits per heavy atom. The molecule has 0 spiro atoms. The number of nitrogens with two attached hydrogens (primary N) is 1. The Kier molecular flexibility index (Phi) is 2.31. The molecule has 0 fully saturated rings. The molecule has 0 aliphatic carbocycles. The molecule has 0 aliphatic heterocycles. The summed E-state index contributed by atoms with van der Waals surface area (Å²) in [4.78, 5) is 7.75. The number of imidazole rings is 1. The highest BCUT2D eigenvalue weighted by molar-refractivity contribution is 5.79. The van der Waals surface area contributed by atoms with Crippen molar-refractivity contribution in [2.24, 2.45) is 5.73 Å². The fourth-order valence-electron chi connectivity index (χ4n) is 1.75. The lowest BCUT2D eigenvalue weighted by atomic mass is 10.2. The number of aromatic nitrogens is 4. The maximum atomic E-state index is 5.61. The minimum atomic E-state index is 0.529. The number of nitrogens with one attached hydrogen (secondary N) is 1. The van der Waals surface area contributed by atoms with Crippen molar-refractivity contribution >= 4 is 11.0 Å². The number of nitrogens with zero attached hydrogens (tertiary/aromatic N) is 3. The van der Waals surface area contributed by atoms with E-state index < -0.39 is 0 Å². The Labute approximate surface area is 97.7 Å². The van der Waals surface area contributed by atoms with Crippen LogP contribution in [0.25, 0.3) is 22.4 Å². The third kappa shape index (κ3) is 1.76. The third-order valence-corrected chi connectivity index (χ3v) is 2.64. The summed E-state index contributed by atoms with van der Waals surface area (Å²) in [5.41, 5.74) is 9.52. The Morgan fingerprint density at radius 3 is 2.88 bits per heavy atom. The van der Waals surface area contributed by atoms with Gasteiger partial charge in [0, 0.05) is 12.1 Å². The van der Waals surface area contributed by atoms with Gasteiger partial charge in [-0.25, -0.2) is 4.98 Å². The number of fused-ring (bicyclic) bond motifs is 1. The first-order valence-corrected chi connectivity index (χ1v) is 5.32. The topological polar surface area (TPSA) is 80.5 Å². The van der Waals surface area contributed by atoms with Crippen molar-refractivity contribution in [3.8, 4) is 11.4 Å². The van der Waals surface area contributed by atoms with E-state index in [-0.39, 0.29) is 0 Å². The van der Waals surface area contributed by atoms with Gasteiger partial charge in [-0.3, -0.25) is 0 Å². The van der Waals surface area contributed by atoms with Gasteiger partial charge in [0.2, 0.25) is 0 Å². The fraction of sp³-hybridized carbons (Fsp3) is 0.0833. The number of rotatable bonds is 2. The van der Waals surface area contributed by atoms with Gasteiger partial charge in [-0.15, -0.1) is 0 Å². The maximum Gasteiger partial charge on any atom is 0.140 e. The monoisotopic (exact) mass is 225 g/mol. The van der Waals surface area contributed by atoms with Gasteiger partial charge in [-0.05, 0) is 23.8 Å². The zero-order valence-corrected chi connectivity index (χ0v) is 9.09. The number of H-pyrrole nitrogens is 1. The van der Waals surface area contributed by atoms with E-state index in [1.165, 1.54) is 0 Å². The van der Waals surface area contributed by atoms with Crippen LogP contribution in [0, 0.1) is 0 Å². The van der Waals surface area contributed by atoms with Gasteiger partial charge >= 0.3 is 0 Å². The van der Waals surface area contributed by atoms with Crippen molar-refractivity contribution in [3.05, 3.63) is 42.2 Å². The third-order valence-electron chi connectivity index (χ3n) is 2.64. The van der Waals surface area contributed by atoms with E-state index in [2.05, 4.69) is 20.2 Å². The summed E-state index contributed by atoms with van der Waals surface area (Å²) < 4.78 is 0. The molecule has 84 valence electrons. The molecule has 3 aromatic rings. The molecule has 0 amide bonds. The molecule has 3 rings (SSSR count). The Morgan fingerprint density at radius 1 is 1.18 bits per heavy atom. The molecular weight excluding hydrogens is 214 g/mol.